The van der Waals surface area contributed by atoms with E-state index >= 15 is 0 Å². The maximum absolute atomic E-state index is 12.3. The van der Waals surface area contributed by atoms with E-state index in [1.807, 2.05) is 0 Å². The Hall–Kier alpha value is -1.75. The molecule has 1 aromatic rings. The van der Waals surface area contributed by atoms with Crippen LogP contribution in [0.25, 0.3) is 0 Å². The maximum atomic E-state index is 12.3. The molecular formula is C14H19NO4. The van der Waals surface area contributed by atoms with Gasteiger partial charge in [-0.05, 0) is 25.0 Å². The summed E-state index contributed by atoms with van der Waals surface area (Å²) in [7, 11) is 4.83. The predicted octanol–water partition coefficient (Wildman–Crippen LogP) is 1.44. The van der Waals surface area contributed by atoms with Crippen molar-refractivity contribution in [2.24, 2.45) is 5.41 Å². The van der Waals surface area contributed by atoms with Gasteiger partial charge >= 0.3 is 0 Å². The Morgan fingerprint density at radius 3 is 2.42 bits per heavy atom. The van der Waals surface area contributed by atoms with Crippen molar-refractivity contribution >= 4 is 11.6 Å². The standard InChI is InChI=1S/C14H19NO4/c1-15(13(17)14(9-16)6-7-14)10-4-5-11(18-2)12(8-10)19-3/h4-5,8,16H,6-7,9H2,1-3H3. The number of hydrogen-bond acceptors (Lipinski definition) is 4. The number of carbonyl (C=O) groups excluding carboxylic acids is 1. The summed E-state index contributed by atoms with van der Waals surface area (Å²) in [5.41, 5.74) is 0.157. The van der Waals surface area contributed by atoms with Crippen LogP contribution in [0.3, 0.4) is 0 Å². The fourth-order valence-corrected chi connectivity index (χ4v) is 2.10. The number of carbonyl (C=O) groups is 1. The minimum absolute atomic E-state index is 0.0535. The summed E-state index contributed by atoms with van der Waals surface area (Å²) in [6.45, 7) is -0.0938. The van der Waals surface area contributed by atoms with E-state index in [9.17, 15) is 9.90 Å². The minimum Gasteiger partial charge on any atom is -0.493 e. The van der Waals surface area contributed by atoms with Crippen LogP contribution >= 0.6 is 0 Å². The first-order valence-electron chi connectivity index (χ1n) is 6.19. The first kappa shape index (κ1) is 13.7. The van der Waals surface area contributed by atoms with Crippen LogP contribution in [0.2, 0.25) is 0 Å². The zero-order valence-electron chi connectivity index (χ0n) is 11.5. The second-order valence-electron chi connectivity index (χ2n) is 4.84. The van der Waals surface area contributed by atoms with Crippen molar-refractivity contribution in [1.82, 2.24) is 0 Å². The molecule has 104 valence electrons. The number of anilines is 1. The first-order chi connectivity index (χ1) is 9.07. The van der Waals surface area contributed by atoms with Crippen molar-refractivity contribution in [3.05, 3.63) is 18.2 Å². The van der Waals surface area contributed by atoms with Gasteiger partial charge in [0.1, 0.15) is 0 Å². The first-order valence-corrected chi connectivity index (χ1v) is 6.19. The van der Waals surface area contributed by atoms with E-state index in [0.717, 1.165) is 18.5 Å². The number of benzene rings is 1. The summed E-state index contributed by atoms with van der Waals surface area (Å²) in [6.07, 6.45) is 1.50. The fraction of sp³-hybridized carbons (Fsp3) is 0.500. The summed E-state index contributed by atoms with van der Waals surface area (Å²) in [6, 6.07) is 5.31. The average molecular weight is 265 g/mol. The molecule has 0 saturated heterocycles. The molecule has 1 aromatic carbocycles. The van der Waals surface area contributed by atoms with Gasteiger partial charge in [0, 0.05) is 18.8 Å². The average Bonchev–Trinajstić information content (AvgIpc) is 3.26. The molecule has 1 aliphatic carbocycles. The molecule has 0 aromatic heterocycles. The Morgan fingerprint density at radius 2 is 1.95 bits per heavy atom. The zero-order chi connectivity index (χ0) is 14.0. The van der Waals surface area contributed by atoms with Gasteiger partial charge in [-0.1, -0.05) is 0 Å². The molecule has 2 rings (SSSR count). The Kier molecular flexibility index (Phi) is 3.66. The van der Waals surface area contributed by atoms with Gasteiger partial charge in [0.15, 0.2) is 11.5 Å². The van der Waals surface area contributed by atoms with E-state index in [4.69, 9.17) is 9.47 Å². The van der Waals surface area contributed by atoms with Gasteiger partial charge in [0.25, 0.3) is 0 Å². The third-order valence-electron chi connectivity index (χ3n) is 3.67. The summed E-state index contributed by atoms with van der Waals surface area (Å²) in [5, 5.41) is 9.31. The van der Waals surface area contributed by atoms with E-state index < -0.39 is 5.41 Å². The lowest BCUT2D eigenvalue weighted by atomic mass is 10.1. The lowest BCUT2D eigenvalue weighted by Crippen LogP contribution is -2.36. The summed E-state index contributed by atoms with van der Waals surface area (Å²) < 4.78 is 10.4. The lowest BCUT2D eigenvalue weighted by Gasteiger charge is -2.23. The van der Waals surface area contributed by atoms with Crippen LogP contribution < -0.4 is 14.4 Å². The number of rotatable bonds is 5. The van der Waals surface area contributed by atoms with Crippen molar-refractivity contribution in [2.45, 2.75) is 12.8 Å². The number of aliphatic hydroxyl groups excluding tert-OH is 1. The van der Waals surface area contributed by atoms with Crippen LogP contribution in [0.1, 0.15) is 12.8 Å². The molecule has 1 fully saturated rings. The molecule has 1 amide bonds. The third-order valence-corrected chi connectivity index (χ3v) is 3.67. The van der Waals surface area contributed by atoms with E-state index in [1.165, 1.54) is 0 Å². The third kappa shape index (κ3) is 2.38. The second-order valence-corrected chi connectivity index (χ2v) is 4.84. The predicted molar refractivity (Wildman–Crippen MR) is 71.7 cm³/mol. The number of hydrogen-bond donors (Lipinski definition) is 1. The van der Waals surface area contributed by atoms with Crippen molar-refractivity contribution in [2.75, 3.05) is 32.8 Å². The van der Waals surface area contributed by atoms with Crippen LogP contribution in [-0.2, 0) is 4.79 Å². The Balaban J connectivity index is 2.24. The Bertz CT molecular complexity index is 482. The van der Waals surface area contributed by atoms with Crippen LogP contribution in [-0.4, -0.2) is 38.9 Å². The summed E-state index contributed by atoms with van der Waals surface area (Å²) in [4.78, 5) is 13.9. The van der Waals surface area contributed by atoms with Crippen LogP contribution in [0.4, 0.5) is 5.69 Å². The van der Waals surface area contributed by atoms with Crippen molar-refractivity contribution in [3.63, 3.8) is 0 Å². The highest BCUT2D eigenvalue weighted by Gasteiger charge is 2.50. The van der Waals surface area contributed by atoms with E-state index in [2.05, 4.69) is 0 Å². The highest BCUT2D eigenvalue weighted by molar-refractivity contribution is 5.99. The molecule has 0 atom stereocenters. The van der Waals surface area contributed by atoms with Gasteiger partial charge in [-0.2, -0.15) is 0 Å². The smallest absolute Gasteiger partial charge is 0.235 e. The summed E-state index contributed by atoms with van der Waals surface area (Å²) in [5.74, 6) is 1.14. The molecule has 0 spiro atoms. The molecule has 5 heteroatoms. The lowest BCUT2D eigenvalue weighted by molar-refractivity contribution is -0.124. The molecule has 19 heavy (non-hydrogen) atoms. The second kappa shape index (κ2) is 5.09. The number of methoxy groups -OCH3 is 2. The Morgan fingerprint density at radius 1 is 1.32 bits per heavy atom. The molecule has 1 N–H and O–H groups in total. The molecule has 0 unspecified atom stereocenters. The maximum Gasteiger partial charge on any atom is 0.235 e. The van der Waals surface area contributed by atoms with Crippen molar-refractivity contribution < 1.29 is 19.4 Å². The number of amides is 1. The molecule has 5 nitrogen and oxygen atoms in total. The Labute approximate surface area is 112 Å². The highest BCUT2D eigenvalue weighted by atomic mass is 16.5. The van der Waals surface area contributed by atoms with Crippen molar-refractivity contribution in [1.29, 1.82) is 0 Å². The van der Waals surface area contributed by atoms with Crippen LogP contribution in [0, 0.1) is 5.41 Å². The number of aliphatic hydroxyl groups is 1. The summed E-state index contributed by atoms with van der Waals surface area (Å²) >= 11 is 0. The number of nitrogens with zero attached hydrogens (tertiary/aromatic N) is 1. The molecule has 0 radical (unpaired) electrons. The van der Waals surface area contributed by atoms with E-state index in [1.54, 1.807) is 44.4 Å². The van der Waals surface area contributed by atoms with Gasteiger partial charge in [-0.15, -0.1) is 0 Å². The van der Waals surface area contributed by atoms with Crippen molar-refractivity contribution in [3.8, 4) is 11.5 Å². The largest absolute Gasteiger partial charge is 0.493 e. The highest BCUT2D eigenvalue weighted by Crippen LogP contribution is 2.47. The van der Waals surface area contributed by atoms with Crippen LogP contribution in [0.15, 0.2) is 18.2 Å². The van der Waals surface area contributed by atoms with Gasteiger partial charge in [-0.25, -0.2) is 0 Å². The van der Waals surface area contributed by atoms with E-state index in [-0.39, 0.29) is 12.5 Å². The topological polar surface area (TPSA) is 59.0 Å². The normalized spacial score (nSPS) is 15.8. The zero-order valence-corrected chi connectivity index (χ0v) is 11.5. The monoisotopic (exact) mass is 265 g/mol. The fourth-order valence-electron chi connectivity index (χ4n) is 2.10. The number of ether oxygens (including phenoxy) is 2. The molecule has 0 aliphatic heterocycles. The molecule has 0 heterocycles. The van der Waals surface area contributed by atoms with Gasteiger partial charge in [0.05, 0.1) is 26.2 Å². The molecule has 0 bridgehead atoms. The van der Waals surface area contributed by atoms with Gasteiger partial charge < -0.3 is 19.5 Å². The van der Waals surface area contributed by atoms with E-state index in [0.29, 0.717) is 11.5 Å². The van der Waals surface area contributed by atoms with Gasteiger partial charge in [-0.3, -0.25) is 4.79 Å². The minimum atomic E-state index is -0.568. The molecular weight excluding hydrogens is 246 g/mol. The van der Waals surface area contributed by atoms with Crippen LogP contribution in [0.5, 0.6) is 11.5 Å². The molecule has 1 aliphatic rings. The quantitative estimate of drug-likeness (QED) is 0.875. The van der Waals surface area contributed by atoms with Gasteiger partial charge in [0.2, 0.25) is 5.91 Å². The SMILES string of the molecule is COc1ccc(N(C)C(=O)C2(CO)CC2)cc1OC. The molecule has 1 saturated carbocycles.